The van der Waals surface area contributed by atoms with Gasteiger partial charge in [0.1, 0.15) is 17.2 Å². The van der Waals surface area contributed by atoms with Gasteiger partial charge in [-0.15, -0.1) is 0 Å². The van der Waals surface area contributed by atoms with Crippen LogP contribution in [0.1, 0.15) is 16.1 Å². The number of rotatable bonds is 6. The number of para-hydroxylation sites is 1. The van der Waals surface area contributed by atoms with Crippen molar-refractivity contribution >= 4 is 28.5 Å². The molecule has 0 atom stereocenters. The van der Waals surface area contributed by atoms with E-state index in [9.17, 15) is 9.59 Å². The van der Waals surface area contributed by atoms with Crippen molar-refractivity contribution in [1.29, 1.82) is 0 Å². The number of benzene rings is 2. The molecule has 0 bridgehead atoms. The van der Waals surface area contributed by atoms with Gasteiger partial charge in [-0.05, 0) is 55.5 Å². The quantitative estimate of drug-likeness (QED) is 0.462. The van der Waals surface area contributed by atoms with E-state index in [-0.39, 0.29) is 0 Å². The molecule has 0 radical (unpaired) electrons. The molecule has 2 heterocycles. The number of nitrogens with zero attached hydrogens (tertiary/aromatic N) is 1. The summed E-state index contributed by atoms with van der Waals surface area (Å²) in [6.07, 6.45) is 0. The topological polar surface area (TPSA) is 90.7 Å². The molecule has 0 saturated carbocycles. The van der Waals surface area contributed by atoms with Crippen LogP contribution in [0.3, 0.4) is 0 Å². The van der Waals surface area contributed by atoms with Crippen molar-refractivity contribution in [3.8, 4) is 17.2 Å². The van der Waals surface area contributed by atoms with Gasteiger partial charge < -0.3 is 19.2 Å². The lowest BCUT2D eigenvalue weighted by molar-refractivity contribution is -0.119. The van der Waals surface area contributed by atoms with Gasteiger partial charge in [-0.1, -0.05) is 18.2 Å². The number of fused-ring (bicyclic) bond motifs is 1. The van der Waals surface area contributed by atoms with Crippen molar-refractivity contribution in [1.82, 2.24) is 4.98 Å². The van der Waals surface area contributed by atoms with Crippen molar-refractivity contribution < 1.29 is 23.5 Å². The minimum Gasteiger partial charge on any atom is -0.497 e. The van der Waals surface area contributed by atoms with Crippen LogP contribution in [0.15, 0.2) is 71.1 Å². The van der Waals surface area contributed by atoms with Gasteiger partial charge in [0.2, 0.25) is 0 Å². The molecule has 2 aromatic heterocycles. The van der Waals surface area contributed by atoms with E-state index >= 15 is 0 Å². The smallest absolute Gasteiger partial charge is 0.339 e. The predicted molar refractivity (Wildman–Crippen MR) is 116 cm³/mol. The van der Waals surface area contributed by atoms with Crippen molar-refractivity contribution in [2.24, 2.45) is 0 Å². The van der Waals surface area contributed by atoms with Crippen LogP contribution in [0.2, 0.25) is 0 Å². The van der Waals surface area contributed by atoms with E-state index in [0.717, 1.165) is 5.76 Å². The zero-order valence-corrected chi connectivity index (χ0v) is 17.0. The lowest BCUT2D eigenvalue weighted by Gasteiger charge is -2.10. The zero-order chi connectivity index (χ0) is 21.8. The third-order valence-electron chi connectivity index (χ3n) is 4.64. The second-order valence-corrected chi connectivity index (χ2v) is 6.84. The average Bonchev–Trinajstić information content (AvgIpc) is 3.23. The molecule has 7 nitrogen and oxygen atoms in total. The Labute approximate surface area is 178 Å². The summed E-state index contributed by atoms with van der Waals surface area (Å²) in [5.41, 5.74) is 2.03. The number of aromatic nitrogens is 1. The zero-order valence-electron chi connectivity index (χ0n) is 17.0. The molecule has 7 heteroatoms. The number of pyridine rings is 1. The van der Waals surface area contributed by atoms with E-state index in [4.69, 9.17) is 13.9 Å². The Kier molecular flexibility index (Phi) is 5.66. The van der Waals surface area contributed by atoms with Crippen LogP contribution in [-0.2, 0) is 9.53 Å². The fourth-order valence-electron chi connectivity index (χ4n) is 3.12. The first kappa shape index (κ1) is 20.2. The summed E-state index contributed by atoms with van der Waals surface area (Å²) in [7, 11) is 1.56. The SMILES string of the molecule is COc1ccc(NC(=O)COC(=O)c2cc(-c3ccc(C)o3)nc3ccccc23)cc1. The van der Waals surface area contributed by atoms with Crippen LogP contribution in [0.5, 0.6) is 5.75 Å². The molecule has 0 saturated heterocycles. The molecule has 4 rings (SSSR count). The standard InChI is InChI=1S/C24H20N2O5/c1-15-7-12-22(31-15)21-13-19(18-5-3-4-6-20(18)26-21)24(28)30-14-23(27)25-16-8-10-17(29-2)11-9-16/h3-13H,14H2,1-2H3,(H,25,27). The lowest BCUT2D eigenvalue weighted by Crippen LogP contribution is -2.21. The van der Waals surface area contributed by atoms with Crippen LogP contribution < -0.4 is 10.1 Å². The number of ether oxygens (including phenoxy) is 2. The van der Waals surface area contributed by atoms with E-state index in [0.29, 0.717) is 39.4 Å². The molecule has 0 aliphatic carbocycles. The van der Waals surface area contributed by atoms with Crippen molar-refractivity contribution in [3.05, 3.63) is 78.1 Å². The number of carbonyl (C=O) groups excluding carboxylic acids is 2. The van der Waals surface area contributed by atoms with Gasteiger partial charge in [0.15, 0.2) is 12.4 Å². The molecule has 1 N–H and O–H groups in total. The Bertz CT molecular complexity index is 1240. The van der Waals surface area contributed by atoms with Gasteiger partial charge in [-0.2, -0.15) is 0 Å². The Morgan fingerprint density at radius 1 is 1.03 bits per heavy atom. The van der Waals surface area contributed by atoms with E-state index < -0.39 is 18.5 Å². The maximum atomic E-state index is 12.8. The molecular formula is C24H20N2O5. The van der Waals surface area contributed by atoms with Crippen LogP contribution in [0, 0.1) is 6.92 Å². The van der Waals surface area contributed by atoms with Gasteiger partial charge in [0.25, 0.3) is 5.91 Å². The number of amides is 1. The van der Waals surface area contributed by atoms with Crippen LogP contribution in [0.4, 0.5) is 5.69 Å². The van der Waals surface area contributed by atoms with Crippen molar-refractivity contribution in [3.63, 3.8) is 0 Å². The molecule has 4 aromatic rings. The first-order chi connectivity index (χ1) is 15.0. The third kappa shape index (κ3) is 4.56. The number of hydrogen-bond donors (Lipinski definition) is 1. The van der Waals surface area contributed by atoms with Crippen LogP contribution >= 0.6 is 0 Å². The van der Waals surface area contributed by atoms with E-state index in [1.807, 2.05) is 31.2 Å². The minimum atomic E-state index is -0.618. The number of hydrogen-bond acceptors (Lipinski definition) is 6. The Morgan fingerprint density at radius 3 is 2.52 bits per heavy atom. The maximum Gasteiger partial charge on any atom is 0.339 e. The molecule has 0 fully saturated rings. The van der Waals surface area contributed by atoms with Gasteiger partial charge >= 0.3 is 5.97 Å². The summed E-state index contributed by atoms with van der Waals surface area (Å²) in [4.78, 5) is 29.6. The second-order valence-electron chi connectivity index (χ2n) is 6.84. The van der Waals surface area contributed by atoms with E-state index in [2.05, 4.69) is 10.3 Å². The number of anilines is 1. The minimum absolute atomic E-state index is 0.312. The van der Waals surface area contributed by atoms with Crippen LogP contribution in [0.25, 0.3) is 22.4 Å². The predicted octanol–water partition coefficient (Wildman–Crippen LogP) is 4.61. The number of furan rings is 1. The van der Waals surface area contributed by atoms with Crippen molar-refractivity contribution in [2.75, 3.05) is 19.0 Å². The summed E-state index contributed by atoms with van der Waals surface area (Å²) in [5.74, 6) is 0.905. The largest absolute Gasteiger partial charge is 0.497 e. The normalized spacial score (nSPS) is 10.6. The highest BCUT2D eigenvalue weighted by Gasteiger charge is 2.17. The summed E-state index contributed by atoms with van der Waals surface area (Å²) < 4.78 is 16.0. The van der Waals surface area contributed by atoms with Gasteiger partial charge in [-0.25, -0.2) is 9.78 Å². The highest BCUT2D eigenvalue weighted by molar-refractivity contribution is 6.05. The molecule has 0 aliphatic heterocycles. The fraction of sp³-hybridized carbons (Fsp3) is 0.125. The Balaban J connectivity index is 1.52. The maximum absolute atomic E-state index is 12.8. The third-order valence-corrected chi connectivity index (χ3v) is 4.64. The number of carbonyl (C=O) groups is 2. The molecule has 0 aliphatic rings. The molecule has 156 valence electrons. The summed E-state index contributed by atoms with van der Waals surface area (Å²) in [6.45, 7) is 1.41. The molecule has 0 unspecified atom stereocenters. The number of nitrogens with one attached hydrogen (secondary N) is 1. The van der Waals surface area contributed by atoms with Crippen LogP contribution in [-0.4, -0.2) is 30.6 Å². The Morgan fingerprint density at radius 2 is 1.81 bits per heavy atom. The Hall–Kier alpha value is -4.13. The number of methoxy groups -OCH3 is 1. The summed E-state index contributed by atoms with van der Waals surface area (Å²) in [5, 5.41) is 3.31. The number of aryl methyl sites for hydroxylation is 1. The molecule has 2 aromatic carbocycles. The summed E-state index contributed by atoms with van der Waals surface area (Å²) in [6, 6.07) is 19.3. The first-order valence-corrected chi connectivity index (χ1v) is 9.61. The average molecular weight is 416 g/mol. The van der Waals surface area contributed by atoms with Gasteiger partial charge in [0, 0.05) is 11.1 Å². The highest BCUT2D eigenvalue weighted by Crippen LogP contribution is 2.26. The van der Waals surface area contributed by atoms with Gasteiger partial charge in [0.05, 0.1) is 18.2 Å². The van der Waals surface area contributed by atoms with E-state index in [1.54, 1.807) is 49.6 Å². The first-order valence-electron chi connectivity index (χ1n) is 9.61. The molecule has 31 heavy (non-hydrogen) atoms. The fourth-order valence-corrected chi connectivity index (χ4v) is 3.12. The summed E-state index contributed by atoms with van der Waals surface area (Å²) >= 11 is 0. The highest BCUT2D eigenvalue weighted by atomic mass is 16.5. The van der Waals surface area contributed by atoms with E-state index in [1.165, 1.54) is 0 Å². The second kappa shape index (κ2) is 8.71. The van der Waals surface area contributed by atoms with Crippen molar-refractivity contribution in [2.45, 2.75) is 6.92 Å². The molecular weight excluding hydrogens is 396 g/mol. The molecule has 0 spiro atoms. The number of esters is 1. The molecule has 1 amide bonds. The lowest BCUT2D eigenvalue weighted by atomic mass is 10.1. The van der Waals surface area contributed by atoms with Gasteiger partial charge in [-0.3, -0.25) is 4.79 Å². The monoisotopic (exact) mass is 416 g/mol.